The summed E-state index contributed by atoms with van der Waals surface area (Å²) in [4.78, 5) is 4.46. The standard InChI is InChI=1S/C20H11BrN4O/c21-12-5-7-18-14(9-12)15-10-13(6-8-19(15)26-18)24-16-3-1-2-4-17(16)25-20(24)22-11-23-25/h1-11H. The average molecular weight is 403 g/mol. The van der Waals surface area contributed by atoms with Crippen molar-refractivity contribution in [3.63, 3.8) is 0 Å². The van der Waals surface area contributed by atoms with Gasteiger partial charge in [0.2, 0.25) is 5.78 Å². The van der Waals surface area contributed by atoms with E-state index < -0.39 is 0 Å². The van der Waals surface area contributed by atoms with E-state index in [1.807, 2.05) is 34.8 Å². The first-order valence-corrected chi connectivity index (χ1v) is 9.00. The van der Waals surface area contributed by atoms with Gasteiger partial charge in [0.15, 0.2) is 0 Å². The Bertz CT molecular complexity index is 1460. The molecule has 0 amide bonds. The second-order valence-electron chi connectivity index (χ2n) is 6.22. The van der Waals surface area contributed by atoms with Crippen molar-refractivity contribution in [3.05, 3.63) is 71.5 Å². The molecule has 6 aromatic rings. The van der Waals surface area contributed by atoms with E-state index >= 15 is 0 Å². The van der Waals surface area contributed by atoms with E-state index in [1.54, 1.807) is 6.33 Å². The van der Waals surface area contributed by atoms with Crippen molar-refractivity contribution in [2.24, 2.45) is 0 Å². The Balaban J connectivity index is 1.74. The van der Waals surface area contributed by atoms with Crippen molar-refractivity contribution in [1.29, 1.82) is 0 Å². The third-order valence-corrected chi connectivity index (χ3v) is 5.25. The first-order chi connectivity index (χ1) is 12.8. The highest BCUT2D eigenvalue weighted by Gasteiger charge is 2.15. The zero-order valence-electron chi connectivity index (χ0n) is 13.4. The van der Waals surface area contributed by atoms with Crippen LogP contribution in [0.1, 0.15) is 0 Å². The van der Waals surface area contributed by atoms with Crippen molar-refractivity contribution >= 4 is 54.7 Å². The minimum Gasteiger partial charge on any atom is -0.456 e. The predicted molar refractivity (Wildman–Crippen MR) is 105 cm³/mol. The van der Waals surface area contributed by atoms with Gasteiger partial charge in [-0.25, -0.2) is 0 Å². The number of halogens is 1. The summed E-state index contributed by atoms with van der Waals surface area (Å²) in [5, 5.41) is 6.53. The summed E-state index contributed by atoms with van der Waals surface area (Å²) in [7, 11) is 0. The molecular weight excluding hydrogens is 392 g/mol. The molecule has 5 nitrogen and oxygen atoms in total. The van der Waals surface area contributed by atoms with Crippen LogP contribution in [0.2, 0.25) is 0 Å². The third-order valence-electron chi connectivity index (χ3n) is 4.75. The van der Waals surface area contributed by atoms with Crippen LogP contribution in [0.25, 0.3) is 44.4 Å². The van der Waals surface area contributed by atoms with Gasteiger partial charge >= 0.3 is 0 Å². The molecule has 3 aromatic carbocycles. The van der Waals surface area contributed by atoms with Gasteiger partial charge in [0.1, 0.15) is 17.5 Å². The Hall–Kier alpha value is -3.12. The summed E-state index contributed by atoms with van der Waals surface area (Å²) in [5.74, 6) is 0.791. The van der Waals surface area contributed by atoms with Gasteiger partial charge in [-0.15, -0.1) is 0 Å². The first kappa shape index (κ1) is 14.1. The number of fused-ring (bicyclic) bond motifs is 6. The Kier molecular flexibility index (Phi) is 2.69. The van der Waals surface area contributed by atoms with Gasteiger partial charge in [0.25, 0.3) is 0 Å². The van der Waals surface area contributed by atoms with Gasteiger partial charge in [0, 0.05) is 15.2 Å². The molecule has 6 rings (SSSR count). The number of furan rings is 1. The Morgan fingerprint density at radius 2 is 1.62 bits per heavy atom. The topological polar surface area (TPSA) is 48.3 Å². The van der Waals surface area contributed by atoms with Crippen LogP contribution in [0.15, 0.2) is 75.9 Å². The van der Waals surface area contributed by atoms with E-state index in [9.17, 15) is 0 Å². The smallest absolute Gasteiger partial charge is 0.238 e. The van der Waals surface area contributed by atoms with Crippen LogP contribution in [0.3, 0.4) is 0 Å². The highest BCUT2D eigenvalue weighted by Crippen LogP contribution is 2.33. The lowest BCUT2D eigenvalue weighted by Crippen LogP contribution is -1.94. The number of hydrogen-bond donors (Lipinski definition) is 0. The molecule has 0 aliphatic rings. The number of benzene rings is 3. The van der Waals surface area contributed by atoms with E-state index in [0.717, 1.165) is 48.9 Å². The molecule has 0 bridgehead atoms. The number of hydrogen-bond acceptors (Lipinski definition) is 3. The zero-order valence-corrected chi connectivity index (χ0v) is 15.0. The molecule has 124 valence electrons. The van der Waals surface area contributed by atoms with Crippen LogP contribution < -0.4 is 0 Å². The van der Waals surface area contributed by atoms with Crippen molar-refractivity contribution in [1.82, 2.24) is 19.2 Å². The molecule has 0 spiro atoms. The first-order valence-electron chi connectivity index (χ1n) is 8.21. The van der Waals surface area contributed by atoms with Crippen LogP contribution >= 0.6 is 15.9 Å². The predicted octanol–water partition coefficient (Wildman–Crippen LogP) is 5.34. The monoisotopic (exact) mass is 402 g/mol. The molecule has 0 atom stereocenters. The number of para-hydroxylation sites is 2. The number of rotatable bonds is 1. The van der Waals surface area contributed by atoms with Gasteiger partial charge in [-0.2, -0.15) is 14.6 Å². The van der Waals surface area contributed by atoms with E-state index in [4.69, 9.17) is 4.42 Å². The molecule has 0 saturated heterocycles. The second-order valence-corrected chi connectivity index (χ2v) is 7.13. The molecule has 0 radical (unpaired) electrons. The van der Waals surface area contributed by atoms with Crippen molar-refractivity contribution in [2.45, 2.75) is 0 Å². The van der Waals surface area contributed by atoms with Crippen molar-refractivity contribution < 1.29 is 4.42 Å². The SMILES string of the molecule is Brc1ccc2oc3ccc(-n4c5ccccc5n5ncnc45)cc3c2c1. The third kappa shape index (κ3) is 1.79. The quantitative estimate of drug-likeness (QED) is 0.373. The van der Waals surface area contributed by atoms with Gasteiger partial charge < -0.3 is 4.42 Å². The molecule has 3 aromatic heterocycles. The van der Waals surface area contributed by atoms with Crippen LogP contribution in [0.4, 0.5) is 0 Å². The summed E-state index contributed by atoms with van der Waals surface area (Å²) >= 11 is 3.55. The summed E-state index contributed by atoms with van der Waals surface area (Å²) in [5.41, 5.74) is 4.87. The lowest BCUT2D eigenvalue weighted by molar-refractivity contribution is 0.669. The van der Waals surface area contributed by atoms with E-state index in [0.29, 0.717) is 0 Å². The normalized spacial score (nSPS) is 12.0. The fourth-order valence-electron chi connectivity index (χ4n) is 3.63. The lowest BCUT2D eigenvalue weighted by atomic mass is 10.1. The maximum atomic E-state index is 5.98. The lowest BCUT2D eigenvalue weighted by Gasteiger charge is -2.05. The van der Waals surface area contributed by atoms with Gasteiger partial charge in [0.05, 0.1) is 16.7 Å². The van der Waals surface area contributed by atoms with Crippen molar-refractivity contribution in [2.75, 3.05) is 0 Å². The molecule has 0 aliphatic carbocycles. The van der Waals surface area contributed by atoms with Crippen LogP contribution in [-0.4, -0.2) is 19.2 Å². The van der Waals surface area contributed by atoms with E-state index in [1.165, 1.54) is 0 Å². The number of aromatic nitrogens is 4. The molecule has 0 saturated carbocycles. The maximum Gasteiger partial charge on any atom is 0.238 e. The highest BCUT2D eigenvalue weighted by molar-refractivity contribution is 9.10. The molecule has 0 unspecified atom stereocenters. The number of nitrogens with zero attached hydrogens (tertiary/aromatic N) is 4. The Morgan fingerprint density at radius 3 is 2.50 bits per heavy atom. The molecule has 3 heterocycles. The highest BCUT2D eigenvalue weighted by atomic mass is 79.9. The van der Waals surface area contributed by atoms with E-state index in [-0.39, 0.29) is 0 Å². The molecular formula is C20H11BrN4O. The van der Waals surface area contributed by atoms with Crippen molar-refractivity contribution in [3.8, 4) is 5.69 Å². The van der Waals surface area contributed by atoms with Gasteiger partial charge in [-0.3, -0.25) is 4.57 Å². The summed E-state index contributed by atoms with van der Waals surface area (Å²) in [6.45, 7) is 0. The molecule has 6 heteroatoms. The Labute approximate surface area is 155 Å². The minimum atomic E-state index is 0.791. The fourth-order valence-corrected chi connectivity index (χ4v) is 3.99. The molecule has 0 N–H and O–H groups in total. The van der Waals surface area contributed by atoms with E-state index in [2.05, 4.69) is 60.9 Å². The zero-order chi connectivity index (χ0) is 17.3. The molecule has 0 aliphatic heterocycles. The largest absolute Gasteiger partial charge is 0.456 e. The Morgan fingerprint density at radius 1 is 0.846 bits per heavy atom. The van der Waals surface area contributed by atoms with Gasteiger partial charge in [-0.1, -0.05) is 28.1 Å². The van der Waals surface area contributed by atoms with Crippen LogP contribution in [-0.2, 0) is 0 Å². The summed E-state index contributed by atoms with van der Waals surface area (Å²) in [6, 6.07) is 20.5. The van der Waals surface area contributed by atoms with Crippen LogP contribution in [0.5, 0.6) is 0 Å². The molecule has 0 fully saturated rings. The maximum absolute atomic E-state index is 5.98. The molecule has 26 heavy (non-hydrogen) atoms. The van der Waals surface area contributed by atoms with Crippen LogP contribution in [0, 0.1) is 0 Å². The summed E-state index contributed by atoms with van der Waals surface area (Å²) in [6.07, 6.45) is 1.58. The number of imidazole rings is 1. The summed E-state index contributed by atoms with van der Waals surface area (Å²) < 4.78 is 11.0. The fraction of sp³-hybridized carbons (Fsp3) is 0. The second kappa shape index (κ2) is 4.95. The van der Waals surface area contributed by atoms with Gasteiger partial charge in [-0.05, 0) is 48.5 Å². The minimum absolute atomic E-state index is 0.791. The average Bonchev–Trinajstić information content (AvgIpc) is 3.33.